The summed E-state index contributed by atoms with van der Waals surface area (Å²) < 4.78 is 4.56. The average molecular weight is 331 g/mol. The van der Waals surface area contributed by atoms with Crippen molar-refractivity contribution in [2.24, 2.45) is 0 Å². The second-order valence-electron chi connectivity index (χ2n) is 7.41. The van der Waals surface area contributed by atoms with Crippen LogP contribution in [0.15, 0.2) is 30.3 Å². The molecule has 1 aliphatic rings. The Balaban J connectivity index is 1.63. The zero-order valence-electron chi connectivity index (χ0n) is 14.5. The minimum absolute atomic E-state index is 0.0210. The summed E-state index contributed by atoms with van der Waals surface area (Å²) in [5.74, 6) is 0.955. The van der Waals surface area contributed by atoms with Crippen LogP contribution in [0, 0.1) is 0 Å². The molecule has 1 unspecified atom stereocenters. The summed E-state index contributed by atoms with van der Waals surface area (Å²) in [6.45, 7) is 13.0. The maximum absolute atomic E-state index is 4.78. The minimum atomic E-state index is 0.0210. The molecule has 0 aliphatic carbocycles. The Bertz CT molecular complexity index is 632. The van der Waals surface area contributed by atoms with Gasteiger partial charge in [-0.15, -0.1) is 0 Å². The Morgan fingerprint density at radius 3 is 2.52 bits per heavy atom. The van der Waals surface area contributed by atoms with Gasteiger partial charge in [0.25, 0.3) is 0 Å². The SMILES string of the molecule is CC1CN(Cc2ccccc2)CCN1c1nc(C(C)(C)C)ns1. The molecule has 0 bridgehead atoms. The van der Waals surface area contributed by atoms with E-state index in [-0.39, 0.29) is 5.41 Å². The fourth-order valence-corrected chi connectivity index (χ4v) is 3.93. The summed E-state index contributed by atoms with van der Waals surface area (Å²) in [6, 6.07) is 11.2. The standard InChI is InChI=1S/C18H26N4S/c1-14-12-21(13-15-8-6-5-7-9-15)10-11-22(14)17-19-16(20-23-17)18(2,3)4/h5-9,14H,10-13H2,1-4H3. The van der Waals surface area contributed by atoms with Gasteiger partial charge in [0.15, 0.2) is 0 Å². The molecule has 1 aliphatic heterocycles. The van der Waals surface area contributed by atoms with Gasteiger partial charge in [0.05, 0.1) is 0 Å². The van der Waals surface area contributed by atoms with Gasteiger partial charge in [-0.2, -0.15) is 4.37 Å². The number of hydrogen-bond acceptors (Lipinski definition) is 5. The molecular weight excluding hydrogens is 304 g/mol. The van der Waals surface area contributed by atoms with E-state index in [1.54, 1.807) is 0 Å². The average Bonchev–Trinajstić information content (AvgIpc) is 2.98. The molecule has 0 saturated carbocycles. The molecule has 0 radical (unpaired) electrons. The van der Waals surface area contributed by atoms with Crippen molar-refractivity contribution in [1.29, 1.82) is 0 Å². The van der Waals surface area contributed by atoms with Gasteiger partial charge in [-0.05, 0) is 12.5 Å². The van der Waals surface area contributed by atoms with Crippen LogP contribution in [0.1, 0.15) is 39.1 Å². The molecule has 1 aromatic heterocycles. The van der Waals surface area contributed by atoms with Crippen molar-refractivity contribution in [3.05, 3.63) is 41.7 Å². The van der Waals surface area contributed by atoms with Crippen LogP contribution in [-0.4, -0.2) is 39.9 Å². The Morgan fingerprint density at radius 1 is 1.17 bits per heavy atom. The minimum Gasteiger partial charge on any atom is -0.342 e. The third-order valence-electron chi connectivity index (χ3n) is 4.29. The summed E-state index contributed by atoms with van der Waals surface area (Å²) >= 11 is 1.54. The topological polar surface area (TPSA) is 32.3 Å². The molecule has 5 heteroatoms. The van der Waals surface area contributed by atoms with E-state index in [2.05, 4.69) is 72.2 Å². The monoisotopic (exact) mass is 330 g/mol. The second kappa shape index (κ2) is 6.57. The maximum atomic E-state index is 4.78. The first kappa shape index (κ1) is 16.4. The highest BCUT2D eigenvalue weighted by molar-refractivity contribution is 7.09. The highest BCUT2D eigenvalue weighted by Crippen LogP contribution is 2.28. The first-order valence-electron chi connectivity index (χ1n) is 8.30. The van der Waals surface area contributed by atoms with Crippen LogP contribution in [0.3, 0.4) is 0 Å². The number of aromatic nitrogens is 2. The van der Waals surface area contributed by atoms with Crippen molar-refractivity contribution in [3.8, 4) is 0 Å². The summed E-state index contributed by atoms with van der Waals surface area (Å²) in [5.41, 5.74) is 1.41. The van der Waals surface area contributed by atoms with Gasteiger partial charge in [-0.1, -0.05) is 51.1 Å². The van der Waals surface area contributed by atoms with Crippen molar-refractivity contribution in [3.63, 3.8) is 0 Å². The van der Waals surface area contributed by atoms with Gasteiger partial charge in [0.2, 0.25) is 5.13 Å². The van der Waals surface area contributed by atoms with E-state index < -0.39 is 0 Å². The molecule has 23 heavy (non-hydrogen) atoms. The van der Waals surface area contributed by atoms with Crippen LogP contribution in [0.4, 0.5) is 5.13 Å². The molecule has 1 fully saturated rings. The fraction of sp³-hybridized carbons (Fsp3) is 0.556. The number of piperazine rings is 1. The number of hydrogen-bond donors (Lipinski definition) is 0. The van der Waals surface area contributed by atoms with Crippen molar-refractivity contribution in [2.75, 3.05) is 24.5 Å². The number of anilines is 1. The predicted molar refractivity (Wildman–Crippen MR) is 97.1 cm³/mol. The summed E-state index contributed by atoms with van der Waals surface area (Å²) in [6.07, 6.45) is 0. The van der Waals surface area contributed by atoms with Gasteiger partial charge < -0.3 is 4.90 Å². The van der Waals surface area contributed by atoms with Crippen LogP contribution < -0.4 is 4.90 Å². The van der Waals surface area contributed by atoms with Crippen molar-refractivity contribution >= 4 is 16.7 Å². The summed E-state index contributed by atoms with van der Waals surface area (Å²) in [4.78, 5) is 9.72. The molecule has 2 heterocycles. The van der Waals surface area contributed by atoms with E-state index in [1.807, 2.05) is 0 Å². The van der Waals surface area contributed by atoms with E-state index in [0.717, 1.165) is 37.1 Å². The van der Waals surface area contributed by atoms with Crippen molar-refractivity contribution in [2.45, 2.75) is 45.7 Å². The Hall–Kier alpha value is -1.46. The normalized spacial score (nSPS) is 20.0. The molecular formula is C18H26N4S. The molecule has 0 N–H and O–H groups in total. The Morgan fingerprint density at radius 2 is 1.91 bits per heavy atom. The van der Waals surface area contributed by atoms with Crippen molar-refractivity contribution < 1.29 is 0 Å². The van der Waals surface area contributed by atoms with Crippen LogP contribution >= 0.6 is 11.5 Å². The highest BCUT2D eigenvalue weighted by atomic mass is 32.1. The number of benzene rings is 1. The third-order valence-corrected chi connectivity index (χ3v) is 5.05. The highest BCUT2D eigenvalue weighted by Gasteiger charge is 2.28. The van der Waals surface area contributed by atoms with Crippen molar-refractivity contribution in [1.82, 2.24) is 14.3 Å². The number of nitrogens with zero attached hydrogens (tertiary/aromatic N) is 4. The van der Waals surface area contributed by atoms with E-state index >= 15 is 0 Å². The van der Waals surface area contributed by atoms with Crippen LogP contribution in [0.5, 0.6) is 0 Å². The maximum Gasteiger partial charge on any atom is 0.205 e. The van der Waals surface area contributed by atoms with Gasteiger partial charge >= 0.3 is 0 Å². The summed E-state index contributed by atoms with van der Waals surface area (Å²) in [5, 5.41) is 1.07. The second-order valence-corrected chi connectivity index (χ2v) is 8.14. The molecule has 1 atom stereocenters. The largest absolute Gasteiger partial charge is 0.342 e. The molecule has 1 aromatic carbocycles. The molecule has 0 spiro atoms. The van der Waals surface area contributed by atoms with Crippen LogP contribution in [-0.2, 0) is 12.0 Å². The molecule has 0 amide bonds. The smallest absolute Gasteiger partial charge is 0.205 e. The van der Waals surface area contributed by atoms with E-state index in [4.69, 9.17) is 4.98 Å². The van der Waals surface area contributed by atoms with E-state index in [1.165, 1.54) is 17.1 Å². The molecule has 2 aromatic rings. The molecule has 124 valence electrons. The molecule has 1 saturated heterocycles. The van der Waals surface area contributed by atoms with E-state index in [9.17, 15) is 0 Å². The predicted octanol–water partition coefficient (Wildman–Crippen LogP) is 3.55. The first-order valence-corrected chi connectivity index (χ1v) is 9.08. The lowest BCUT2D eigenvalue weighted by Gasteiger charge is -2.39. The lowest BCUT2D eigenvalue weighted by atomic mass is 9.96. The quantitative estimate of drug-likeness (QED) is 0.861. The van der Waals surface area contributed by atoms with E-state index in [0.29, 0.717) is 6.04 Å². The first-order chi connectivity index (χ1) is 10.9. The van der Waals surface area contributed by atoms with Gasteiger partial charge in [0.1, 0.15) is 5.82 Å². The summed E-state index contributed by atoms with van der Waals surface area (Å²) in [7, 11) is 0. The van der Waals surface area contributed by atoms with Gasteiger partial charge in [-0.3, -0.25) is 4.90 Å². The number of rotatable bonds is 3. The van der Waals surface area contributed by atoms with Gasteiger partial charge in [0, 0.05) is 49.2 Å². The Labute approximate surface area is 143 Å². The third kappa shape index (κ3) is 3.90. The zero-order valence-corrected chi connectivity index (χ0v) is 15.3. The fourth-order valence-electron chi connectivity index (χ4n) is 2.94. The molecule has 3 rings (SSSR count). The van der Waals surface area contributed by atoms with Gasteiger partial charge in [-0.25, -0.2) is 4.98 Å². The lowest BCUT2D eigenvalue weighted by Crippen LogP contribution is -2.51. The Kier molecular flexibility index (Phi) is 4.69. The van der Waals surface area contributed by atoms with Crippen LogP contribution in [0.25, 0.3) is 0 Å². The van der Waals surface area contributed by atoms with Crippen LogP contribution in [0.2, 0.25) is 0 Å². The zero-order chi connectivity index (χ0) is 16.4. The molecule has 4 nitrogen and oxygen atoms in total. The lowest BCUT2D eigenvalue weighted by molar-refractivity contribution is 0.221.